The SMILES string of the molecule is CN1CCN(c2cccc(C(=O)NCc3cnc(C#N)nc3NCC(C)(S(C)(=O)=O)S(C)(=O)=O)c2)CC1. The smallest absolute Gasteiger partial charge is 0.251 e. The minimum absolute atomic E-state index is 0.0416. The molecule has 14 heteroatoms. The minimum Gasteiger partial charge on any atom is -0.369 e. The second-order valence-corrected chi connectivity index (χ2v) is 14.4. The van der Waals surface area contributed by atoms with Crippen molar-refractivity contribution in [2.24, 2.45) is 0 Å². The molecule has 0 spiro atoms. The van der Waals surface area contributed by atoms with Crippen LogP contribution in [0.5, 0.6) is 0 Å². The molecule has 200 valence electrons. The number of benzene rings is 1. The molecule has 2 N–H and O–H groups in total. The molecule has 1 aliphatic heterocycles. The number of sulfone groups is 2. The third-order valence-corrected chi connectivity index (χ3v) is 11.8. The zero-order valence-corrected chi connectivity index (χ0v) is 22.9. The van der Waals surface area contributed by atoms with Gasteiger partial charge in [-0.3, -0.25) is 4.79 Å². The number of rotatable bonds is 9. The van der Waals surface area contributed by atoms with E-state index in [2.05, 4.69) is 37.4 Å². The van der Waals surface area contributed by atoms with Crippen molar-refractivity contribution >= 4 is 37.1 Å². The van der Waals surface area contributed by atoms with Crippen molar-refractivity contribution in [1.29, 1.82) is 5.26 Å². The van der Waals surface area contributed by atoms with Crippen LogP contribution in [0.1, 0.15) is 28.7 Å². The third-order valence-electron chi connectivity index (χ3n) is 6.53. The topological polar surface area (TPSA) is 165 Å². The summed E-state index contributed by atoms with van der Waals surface area (Å²) in [6, 6.07) is 9.08. The van der Waals surface area contributed by atoms with Gasteiger partial charge in [-0.05, 0) is 32.2 Å². The Hall–Kier alpha value is -3.28. The lowest BCUT2D eigenvalue weighted by Gasteiger charge is -2.34. The van der Waals surface area contributed by atoms with Gasteiger partial charge in [0.05, 0.1) is 0 Å². The molecule has 1 amide bonds. The Morgan fingerprint density at radius 2 is 1.78 bits per heavy atom. The average Bonchev–Trinajstić information content (AvgIpc) is 2.85. The highest BCUT2D eigenvalue weighted by molar-refractivity contribution is 8.09. The van der Waals surface area contributed by atoms with Gasteiger partial charge >= 0.3 is 0 Å². The van der Waals surface area contributed by atoms with E-state index in [4.69, 9.17) is 0 Å². The summed E-state index contributed by atoms with van der Waals surface area (Å²) in [5.74, 6) is -0.488. The lowest BCUT2D eigenvalue weighted by molar-refractivity contribution is 0.0951. The van der Waals surface area contributed by atoms with Crippen molar-refractivity contribution in [3.8, 4) is 6.07 Å². The molecular weight excluding hydrogens is 518 g/mol. The molecular formula is C23H31N7O5S2. The summed E-state index contributed by atoms with van der Waals surface area (Å²) >= 11 is 0. The zero-order chi connectivity index (χ0) is 27.4. The average molecular weight is 550 g/mol. The van der Waals surface area contributed by atoms with Gasteiger partial charge in [-0.25, -0.2) is 26.8 Å². The van der Waals surface area contributed by atoms with E-state index in [-0.39, 0.29) is 24.1 Å². The summed E-state index contributed by atoms with van der Waals surface area (Å²) in [7, 11) is -6.00. The summed E-state index contributed by atoms with van der Waals surface area (Å²) < 4.78 is 47.0. The molecule has 0 radical (unpaired) electrons. The van der Waals surface area contributed by atoms with E-state index >= 15 is 0 Å². The zero-order valence-electron chi connectivity index (χ0n) is 21.2. The van der Waals surface area contributed by atoms with Gasteiger partial charge in [0.15, 0.2) is 23.8 Å². The Morgan fingerprint density at radius 3 is 2.38 bits per heavy atom. The van der Waals surface area contributed by atoms with Gasteiger partial charge in [-0.2, -0.15) is 5.26 Å². The highest BCUT2D eigenvalue weighted by Crippen LogP contribution is 2.25. The van der Waals surface area contributed by atoms with Gasteiger partial charge in [-0.15, -0.1) is 0 Å². The van der Waals surface area contributed by atoms with Crippen LogP contribution in [-0.2, 0) is 26.2 Å². The van der Waals surface area contributed by atoms with Gasteiger partial charge in [-0.1, -0.05) is 6.07 Å². The molecule has 0 bridgehead atoms. The predicted molar refractivity (Wildman–Crippen MR) is 141 cm³/mol. The second kappa shape index (κ2) is 11.0. The Morgan fingerprint density at radius 1 is 1.14 bits per heavy atom. The number of nitrogens with zero attached hydrogens (tertiary/aromatic N) is 5. The number of likely N-dealkylation sites (N-methyl/N-ethyl adjacent to an activating group) is 1. The van der Waals surface area contributed by atoms with Crippen molar-refractivity contribution in [3.05, 3.63) is 47.4 Å². The fourth-order valence-electron chi connectivity index (χ4n) is 3.71. The number of carbonyl (C=O) groups is 1. The molecule has 2 heterocycles. The van der Waals surface area contributed by atoms with Crippen LogP contribution >= 0.6 is 0 Å². The number of hydrogen-bond donors (Lipinski definition) is 2. The minimum atomic E-state index is -4.03. The van der Waals surface area contributed by atoms with Crippen LogP contribution in [0.4, 0.5) is 11.5 Å². The molecule has 0 aliphatic carbocycles. The van der Waals surface area contributed by atoms with E-state index in [1.54, 1.807) is 12.1 Å². The summed E-state index contributed by atoms with van der Waals surface area (Å²) in [5.41, 5.74) is 1.76. The van der Waals surface area contributed by atoms with Crippen molar-refractivity contribution in [3.63, 3.8) is 0 Å². The van der Waals surface area contributed by atoms with Crippen LogP contribution < -0.4 is 15.5 Å². The maximum Gasteiger partial charge on any atom is 0.251 e. The first-order valence-corrected chi connectivity index (χ1v) is 15.2. The van der Waals surface area contributed by atoms with Crippen molar-refractivity contribution in [2.75, 3.05) is 62.5 Å². The molecule has 0 saturated carbocycles. The van der Waals surface area contributed by atoms with Crippen LogP contribution in [0, 0.1) is 11.3 Å². The Bertz CT molecular complexity index is 1380. The van der Waals surface area contributed by atoms with Gasteiger partial charge in [0.25, 0.3) is 5.91 Å². The number of nitrogens with one attached hydrogen (secondary N) is 2. The monoisotopic (exact) mass is 549 g/mol. The van der Waals surface area contributed by atoms with E-state index in [0.29, 0.717) is 11.1 Å². The van der Waals surface area contributed by atoms with Crippen LogP contribution in [-0.4, -0.2) is 94.0 Å². The van der Waals surface area contributed by atoms with Crippen molar-refractivity contribution in [1.82, 2.24) is 20.2 Å². The summed E-state index contributed by atoms with van der Waals surface area (Å²) in [4.78, 5) is 25.3. The fourth-order valence-corrected chi connectivity index (χ4v) is 6.58. The largest absolute Gasteiger partial charge is 0.369 e. The van der Waals surface area contributed by atoms with Gasteiger partial charge in [0.2, 0.25) is 5.82 Å². The van der Waals surface area contributed by atoms with Crippen molar-refractivity contribution in [2.45, 2.75) is 17.5 Å². The number of aromatic nitrogens is 2. The summed E-state index contributed by atoms with van der Waals surface area (Å²) in [6.07, 6.45) is 3.01. The fraction of sp³-hybridized carbons (Fsp3) is 0.478. The van der Waals surface area contributed by atoms with Crippen molar-refractivity contribution < 1.29 is 21.6 Å². The lowest BCUT2D eigenvalue weighted by Crippen LogP contribution is -2.48. The van der Waals surface area contributed by atoms with E-state index in [0.717, 1.165) is 51.3 Å². The molecule has 3 rings (SSSR count). The lowest BCUT2D eigenvalue weighted by atomic mass is 10.1. The number of carbonyl (C=O) groups excluding carboxylic acids is 1. The first-order valence-electron chi connectivity index (χ1n) is 11.5. The van der Waals surface area contributed by atoms with Gasteiger partial charge in [0.1, 0.15) is 11.9 Å². The van der Waals surface area contributed by atoms with Crippen LogP contribution in [0.15, 0.2) is 30.5 Å². The standard InChI is InChI=1S/C23H31N7O5S2/c1-23(36(3,32)33,37(4,34)35)16-27-21-18(14-25-20(13-24)28-21)15-26-22(31)17-6-5-7-19(12-17)30-10-8-29(2)9-11-30/h5-7,12,14H,8-11,15-16H2,1-4H3,(H,26,31)(H,25,27,28). The number of hydrogen-bond acceptors (Lipinski definition) is 11. The highest BCUT2D eigenvalue weighted by atomic mass is 32.3. The maximum absolute atomic E-state index is 12.9. The van der Waals surface area contributed by atoms with E-state index in [9.17, 15) is 26.9 Å². The predicted octanol–water partition coefficient (Wildman–Crippen LogP) is 0.247. The van der Waals surface area contributed by atoms with Gasteiger partial charge in [0, 0.05) is 74.8 Å². The molecule has 37 heavy (non-hydrogen) atoms. The quantitative estimate of drug-likeness (QED) is 0.440. The third kappa shape index (κ3) is 6.54. The first-order chi connectivity index (χ1) is 17.2. The van der Waals surface area contributed by atoms with E-state index in [1.165, 1.54) is 6.20 Å². The molecule has 1 fully saturated rings. The number of amides is 1. The molecule has 1 aromatic heterocycles. The number of piperazine rings is 1. The maximum atomic E-state index is 12.9. The Kier molecular flexibility index (Phi) is 8.41. The summed E-state index contributed by atoms with van der Waals surface area (Å²) in [5, 5.41) is 14.7. The molecule has 0 unspecified atom stereocenters. The normalized spacial score (nSPS) is 15.2. The Balaban J connectivity index is 1.77. The van der Waals surface area contributed by atoms with E-state index in [1.807, 2.05) is 18.2 Å². The molecule has 1 aromatic carbocycles. The molecule has 0 atom stereocenters. The summed E-state index contributed by atoms with van der Waals surface area (Å²) in [6.45, 7) is 4.13. The first kappa shape index (κ1) is 28.3. The second-order valence-electron chi connectivity index (χ2n) is 9.23. The molecule has 2 aromatic rings. The number of anilines is 2. The molecule has 12 nitrogen and oxygen atoms in total. The van der Waals surface area contributed by atoms with Crippen LogP contribution in [0.25, 0.3) is 0 Å². The number of nitriles is 1. The molecule has 1 saturated heterocycles. The van der Waals surface area contributed by atoms with E-state index < -0.39 is 30.3 Å². The highest BCUT2D eigenvalue weighted by Gasteiger charge is 2.46. The Labute approximate surface area is 217 Å². The van der Waals surface area contributed by atoms with Crippen LogP contribution in [0.2, 0.25) is 0 Å². The van der Waals surface area contributed by atoms with Gasteiger partial charge < -0.3 is 20.4 Å². The molecule has 1 aliphatic rings. The van der Waals surface area contributed by atoms with Crippen LogP contribution in [0.3, 0.4) is 0 Å².